The fraction of sp³-hybridized carbons (Fsp3) is 0.462. The highest BCUT2D eigenvalue weighted by molar-refractivity contribution is 7.99. The summed E-state index contributed by atoms with van der Waals surface area (Å²) in [5.74, 6) is 2.20. The third-order valence-electron chi connectivity index (χ3n) is 4.03. The van der Waals surface area contributed by atoms with Crippen molar-refractivity contribution in [2.75, 3.05) is 29.6 Å². The number of para-hydroxylation sites is 1. The molecule has 3 heterocycles. The molecule has 3 aliphatic heterocycles. The van der Waals surface area contributed by atoms with E-state index in [-0.39, 0.29) is 0 Å². The third-order valence-corrected chi connectivity index (χ3v) is 5.52. The van der Waals surface area contributed by atoms with Crippen molar-refractivity contribution in [1.29, 1.82) is 0 Å². The number of anilines is 1. The molecule has 18 heavy (non-hydrogen) atoms. The quantitative estimate of drug-likeness (QED) is 0.722. The normalized spacial score (nSPS) is 29.9. The molecule has 0 aliphatic carbocycles. The van der Waals surface area contributed by atoms with Gasteiger partial charge in [0.25, 0.3) is 0 Å². The Morgan fingerprint density at radius 2 is 2.17 bits per heavy atom. The average molecular weight is 277 g/mol. The van der Waals surface area contributed by atoms with E-state index in [4.69, 9.17) is 12.2 Å². The summed E-state index contributed by atoms with van der Waals surface area (Å²) in [4.78, 5) is 5.93. The van der Waals surface area contributed by atoms with Gasteiger partial charge in [-0.25, -0.2) is 0 Å². The Bertz CT molecular complexity index is 505. The zero-order valence-corrected chi connectivity index (χ0v) is 11.6. The number of rotatable bonds is 0. The largest absolute Gasteiger partial charge is 0.352 e. The summed E-state index contributed by atoms with van der Waals surface area (Å²) in [5.41, 5.74) is 2.53. The number of nitrogens with zero attached hydrogens (tertiary/aromatic N) is 2. The van der Waals surface area contributed by atoms with Crippen molar-refractivity contribution in [3.05, 3.63) is 29.8 Å². The number of nitrogens with one attached hydrogen (secondary N) is 1. The summed E-state index contributed by atoms with van der Waals surface area (Å²) in [6.45, 7) is 2.15. The van der Waals surface area contributed by atoms with Gasteiger partial charge in [-0.05, 0) is 12.1 Å². The van der Waals surface area contributed by atoms with E-state index in [1.807, 2.05) is 11.8 Å². The average Bonchev–Trinajstić information content (AvgIpc) is 3.04. The second-order valence-electron chi connectivity index (χ2n) is 4.95. The van der Waals surface area contributed by atoms with Gasteiger partial charge in [0, 0.05) is 30.1 Å². The molecule has 2 atom stereocenters. The molecule has 3 nitrogen and oxygen atoms in total. The molecule has 4 rings (SSSR count). The smallest absolute Gasteiger partial charge is 0.112 e. The zero-order valence-electron chi connectivity index (χ0n) is 10.0. The Hall–Kier alpha value is -0.780. The standard InChI is InChI=1S/C13H15N3S2/c17-13-9-3-1-2-4-10(9)15-6-5-14-12(15)11-7-18-8-16(11)13/h1-4,11-12,14H,5-8H2. The Balaban J connectivity index is 1.89. The lowest BCUT2D eigenvalue weighted by atomic mass is 10.1. The van der Waals surface area contributed by atoms with Crippen molar-refractivity contribution in [3.63, 3.8) is 0 Å². The van der Waals surface area contributed by atoms with Crippen LogP contribution in [0.1, 0.15) is 5.56 Å². The summed E-state index contributed by atoms with van der Waals surface area (Å²) in [6, 6.07) is 9.09. The summed E-state index contributed by atoms with van der Waals surface area (Å²) >= 11 is 7.71. The van der Waals surface area contributed by atoms with E-state index in [2.05, 4.69) is 39.4 Å². The minimum absolute atomic E-state index is 0.418. The first-order chi connectivity index (χ1) is 8.86. The first-order valence-electron chi connectivity index (χ1n) is 6.34. The van der Waals surface area contributed by atoms with Crippen molar-refractivity contribution in [1.82, 2.24) is 10.2 Å². The molecule has 1 aromatic carbocycles. The van der Waals surface area contributed by atoms with Gasteiger partial charge in [-0.3, -0.25) is 5.32 Å². The van der Waals surface area contributed by atoms with Crippen LogP contribution in [-0.2, 0) is 0 Å². The van der Waals surface area contributed by atoms with Crippen LogP contribution in [0.4, 0.5) is 5.69 Å². The van der Waals surface area contributed by atoms with E-state index in [9.17, 15) is 0 Å². The Kier molecular flexibility index (Phi) is 2.53. The minimum Gasteiger partial charge on any atom is -0.352 e. The second-order valence-corrected chi connectivity index (χ2v) is 6.34. The lowest BCUT2D eigenvalue weighted by Crippen LogP contribution is -2.51. The van der Waals surface area contributed by atoms with Crippen molar-refractivity contribution in [3.8, 4) is 0 Å². The van der Waals surface area contributed by atoms with E-state index in [0.29, 0.717) is 12.2 Å². The topological polar surface area (TPSA) is 18.5 Å². The van der Waals surface area contributed by atoms with E-state index in [1.54, 1.807) is 0 Å². The third kappa shape index (κ3) is 1.44. The molecule has 0 aromatic heterocycles. The molecule has 3 aliphatic rings. The number of hydrogen-bond donors (Lipinski definition) is 1. The Labute approximate surface area is 117 Å². The molecule has 0 bridgehead atoms. The number of thiocarbonyl (C=S) groups is 1. The lowest BCUT2D eigenvalue weighted by molar-refractivity contribution is 0.338. The van der Waals surface area contributed by atoms with Gasteiger partial charge in [0.15, 0.2) is 0 Å². The fourth-order valence-electron chi connectivity index (χ4n) is 3.18. The predicted octanol–water partition coefficient (Wildman–Crippen LogP) is 1.49. The summed E-state index contributed by atoms with van der Waals surface area (Å²) in [7, 11) is 0. The number of hydrogen-bond acceptors (Lipinski definition) is 4. The number of fused-ring (bicyclic) bond motifs is 5. The van der Waals surface area contributed by atoms with Gasteiger partial charge in [-0.2, -0.15) is 0 Å². The van der Waals surface area contributed by atoms with Crippen LogP contribution in [0.25, 0.3) is 0 Å². The Morgan fingerprint density at radius 3 is 3.11 bits per heavy atom. The molecule has 0 saturated carbocycles. The molecule has 2 unspecified atom stereocenters. The highest BCUT2D eigenvalue weighted by atomic mass is 32.2. The molecular weight excluding hydrogens is 262 g/mol. The Morgan fingerprint density at radius 1 is 1.28 bits per heavy atom. The number of benzene rings is 1. The predicted molar refractivity (Wildman–Crippen MR) is 80.2 cm³/mol. The van der Waals surface area contributed by atoms with Gasteiger partial charge in [-0.15, -0.1) is 11.8 Å². The molecule has 2 fully saturated rings. The molecule has 0 amide bonds. The molecule has 0 spiro atoms. The van der Waals surface area contributed by atoms with Crippen LogP contribution in [-0.4, -0.2) is 46.8 Å². The minimum atomic E-state index is 0.418. The molecule has 1 aromatic rings. The van der Waals surface area contributed by atoms with Gasteiger partial charge in [0.1, 0.15) is 11.2 Å². The van der Waals surface area contributed by atoms with Gasteiger partial charge in [0.2, 0.25) is 0 Å². The highest BCUT2D eigenvalue weighted by Crippen LogP contribution is 2.36. The van der Waals surface area contributed by atoms with Crippen molar-refractivity contribution in [2.24, 2.45) is 0 Å². The monoisotopic (exact) mass is 277 g/mol. The maximum absolute atomic E-state index is 5.72. The van der Waals surface area contributed by atoms with Crippen molar-refractivity contribution < 1.29 is 0 Å². The van der Waals surface area contributed by atoms with Crippen LogP contribution < -0.4 is 10.2 Å². The summed E-state index contributed by atoms with van der Waals surface area (Å²) in [5, 5.41) is 3.64. The van der Waals surface area contributed by atoms with Crippen LogP contribution >= 0.6 is 24.0 Å². The van der Waals surface area contributed by atoms with Crippen LogP contribution in [0.3, 0.4) is 0 Å². The first-order valence-corrected chi connectivity index (χ1v) is 7.90. The molecular formula is C13H15N3S2. The highest BCUT2D eigenvalue weighted by Gasteiger charge is 2.42. The van der Waals surface area contributed by atoms with Gasteiger partial charge >= 0.3 is 0 Å². The maximum Gasteiger partial charge on any atom is 0.112 e. The molecule has 5 heteroatoms. The molecule has 0 radical (unpaired) electrons. The SMILES string of the molecule is S=C1c2ccccc2N2CCNC2C2CSCN12. The molecule has 2 saturated heterocycles. The van der Waals surface area contributed by atoms with Crippen LogP contribution in [0.15, 0.2) is 24.3 Å². The van der Waals surface area contributed by atoms with Crippen molar-refractivity contribution >= 4 is 34.7 Å². The molecule has 1 N–H and O–H groups in total. The summed E-state index contributed by atoms with van der Waals surface area (Å²) < 4.78 is 0. The second kappa shape index (κ2) is 4.11. The van der Waals surface area contributed by atoms with E-state index >= 15 is 0 Å². The lowest BCUT2D eigenvalue weighted by Gasteiger charge is -2.31. The summed E-state index contributed by atoms with van der Waals surface area (Å²) in [6.07, 6.45) is 0.418. The van der Waals surface area contributed by atoms with Gasteiger partial charge in [0.05, 0.1) is 11.9 Å². The number of thioether (sulfide) groups is 1. The zero-order chi connectivity index (χ0) is 12.1. The fourth-order valence-corrected chi connectivity index (χ4v) is 4.86. The maximum atomic E-state index is 5.72. The van der Waals surface area contributed by atoms with Gasteiger partial charge < -0.3 is 9.80 Å². The molecule has 94 valence electrons. The first kappa shape index (κ1) is 11.1. The van der Waals surface area contributed by atoms with Gasteiger partial charge in [-0.1, -0.05) is 24.4 Å². The van der Waals surface area contributed by atoms with E-state index in [1.165, 1.54) is 17.0 Å². The van der Waals surface area contributed by atoms with E-state index < -0.39 is 0 Å². The van der Waals surface area contributed by atoms with E-state index in [0.717, 1.165) is 24.0 Å². The van der Waals surface area contributed by atoms with Crippen molar-refractivity contribution in [2.45, 2.75) is 12.2 Å². The van der Waals surface area contributed by atoms with Crippen LogP contribution in [0.5, 0.6) is 0 Å². The van der Waals surface area contributed by atoms with Crippen LogP contribution in [0.2, 0.25) is 0 Å². The van der Waals surface area contributed by atoms with Crippen LogP contribution in [0, 0.1) is 0 Å².